The van der Waals surface area contributed by atoms with Gasteiger partial charge in [-0.1, -0.05) is 0 Å². The molecule has 0 aromatic carbocycles. The van der Waals surface area contributed by atoms with Gasteiger partial charge in [-0.2, -0.15) is 5.26 Å². The van der Waals surface area contributed by atoms with Crippen molar-refractivity contribution in [2.75, 3.05) is 33.4 Å². The molecule has 1 aliphatic rings. The summed E-state index contributed by atoms with van der Waals surface area (Å²) < 4.78 is 4.92. The second-order valence-corrected chi connectivity index (χ2v) is 4.32. The molecule has 0 radical (unpaired) electrons. The van der Waals surface area contributed by atoms with E-state index in [0.29, 0.717) is 13.2 Å². The lowest BCUT2D eigenvalue weighted by atomic mass is 10.1. The van der Waals surface area contributed by atoms with Crippen LogP contribution >= 0.6 is 0 Å². The van der Waals surface area contributed by atoms with E-state index in [9.17, 15) is 4.79 Å². The Morgan fingerprint density at radius 1 is 1.44 bits per heavy atom. The number of hydrogen-bond acceptors (Lipinski definition) is 4. The molecule has 5 nitrogen and oxygen atoms in total. The predicted octanol–water partition coefficient (Wildman–Crippen LogP) is 1.03. The van der Waals surface area contributed by atoms with Crippen LogP contribution in [0.3, 0.4) is 0 Å². The summed E-state index contributed by atoms with van der Waals surface area (Å²) in [5.74, 6) is -0.156. The Balaban J connectivity index is 2.41. The molecule has 18 heavy (non-hydrogen) atoms. The van der Waals surface area contributed by atoms with E-state index in [4.69, 9.17) is 10.00 Å². The predicted molar refractivity (Wildman–Crippen MR) is 68.6 cm³/mol. The fraction of sp³-hybridized carbons (Fsp3) is 0.692. The summed E-state index contributed by atoms with van der Waals surface area (Å²) in [6.07, 6.45) is 5.61. The molecular formula is C13H21N3O2. The number of nitrogens with zero attached hydrogens (tertiary/aromatic N) is 2. The molecule has 5 heteroatoms. The SMILES string of the molecule is COCCCN/C=C(/C#N)C(=O)N1CCCCC1. The van der Waals surface area contributed by atoms with E-state index in [1.165, 1.54) is 12.6 Å². The molecule has 1 heterocycles. The summed E-state index contributed by atoms with van der Waals surface area (Å²) in [7, 11) is 1.65. The van der Waals surface area contributed by atoms with Crippen LogP contribution in [-0.4, -0.2) is 44.2 Å². The average molecular weight is 251 g/mol. The highest BCUT2D eigenvalue weighted by atomic mass is 16.5. The van der Waals surface area contributed by atoms with Crippen molar-refractivity contribution in [1.29, 1.82) is 5.26 Å². The lowest BCUT2D eigenvalue weighted by Gasteiger charge is -2.26. The number of carbonyl (C=O) groups excluding carboxylic acids is 1. The monoisotopic (exact) mass is 251 g/mol. The lowest BCUT2D eigenvalue weighted by molar-refractivity contribution is -0.127. The Morgan fingerprint density at radius 3 is 2.78 bits per heavy atom. The summed E-state index contributed by atoms with van der Waals surface area (Å²) in [6.45, 7) is 2.90. The lowest BCUT2D eigenvalue weighted by Crippen LogP contribution is -2.36. The average Bonchev–Trinajstić information content (AvgIpc) is 2.43. The number of rotatable bonds is 6. The Morgan fingerprint density at radius 2 is 2.17 bits per heavy atom. The molecule has 1 N–H and O–H groups in total. The van der Waals surface area contributed by atoms with E-state index >= 15 is 0 Å². The van der Waals surface area contributed by atoms with Crippen LogP contribution in [0, 0.1) is 11.3 Å². The molecule has 1 saturated heterocycles. The van der Waals surface area contributed by atoms with Crippen LogP contribution in [0.4, 0.5) is 0 Å². The zero-order chi connectivity index (χ0) is 13.2. The minimum Gasteiger partial charge on any atom is -0.390 e. The topological polar surface area (TPSA) is 65.4 Å². The summed E-state index contributed by atoms with van der Waals surface area (Å²) in [4.78, 5) is 13.8. The van der Waals surface area contributed by atoms with Gasteiger partial charge in [0.05, 0.1) is 0 Å². The second kappa shape index (κ2) is 8.54. The minimum atomic E-state index is -0.156. The van der Waals surface area contributed by atoms with Gasteiger partial charge in [0.2, 0.25) is 0 Å². The van der Waals surface area contributed by atoms with E-state index in [1.807, 2.05) is 6.07 Å². The maximum atomic E-state index is 12.0. The fourth-order valence-corrected chi connectivity index (χ4v) is 1.90. The first-order valence-electron chi connectivity index (χ1n) is 6.41. The zero-order valence-electron chi connectivity index (χ0n) is 10.9. The van der Waals surface area contributed by atoms with Crippen molar-refractivity contribution >= 4 is 5.91 Å². The first-order valence-corrected chi connectivity index (χ1v) is 6.41. The number of nitrogens with one attached hydrogen (secondary N) is 1. The van der Waals surface area contributed by atoms with Crippen LogP contribution in [0.15, 0.2) is 11.8 Å². The van der Waals surface area contributed by atoms with Gasteiger partial charge in [0.25, 0.3) is 5.91 Å². The van der Waals surface area contributed by atoms with Crippen molar-refractivity contribution in [2.24, 2.45) is 0 Å². The normalized spacial score (nSPS) is 16.2. The highest BCUT2D eigenvalue weighted by molar-refractivity contribution is 5.97. The number of amides is 1. The highest BCUT2D eigenvalue weighted by Gasteiger charge is 2.19. The summed E-state index contributed by atoms with van der Waals surface area (Å²) >= 11 is 0. The molecule has 1 rings (SSSR count). The molecule has 0 bridgehead atoms. The van der Waals surface area contributed by atoms with Gasteiger partial charge in [0.1, 0.15) is 11.6 Å². The largest absolute Gasteiger partial charge is 0.390 e. The van der Waals surface area contributed by atoms with Crippen molar-refractivity contribution < 1.29 is 9.53 Å². The van der Waals surface area contributed by atoms with E-state index in [-0.39, 0.29) is 11.5 Å². The van der Waals surface area contributed by atoms with Crippen LogP contribution in [0.2, 0.25) is 0 Å². The van der Waals surface area contributed by atoms with Crippen LogP contribution in [0.25, 0.3) is 0 Å². The standard InChI is InChI=1S/C13H21N3O2/c1-18-9-5-6-15-11-12(10-14)13(17)16-7-3-2-4-8-16/h11,15H,2-9H2,1H3/b12-11-. The van der Waals surface area contributed by atoms with E-state index in [1.54, 1.807) is 12.0 Å². The summed E-state index contributed by atoms with van der Waals surface area (Å²) in [6, 6.07) is 1.97. The van der Waals surface area contributed by atoms with Gasteiger partial charge in [-0.25, -0.2) is 0 Å². The number of nitriles is 1. The third kappa shape index (κ3) is 4.76. The van der Waals surface area contributed by atoms with E-state index in [0.717, 1.165) is 32.4 Å². The molecule has 1 fully saturated rings. The first-order chi connectivity index (χ1) is 8.79. The third-order valence-electron chi connectivity index (χ3n) is 2.91. The minimum absolute atomic E-state index is 0.156. The molecule has 0 aliphatic carbocycles. The van der Waals surface area contributed by atoms with Gasteiger partial charge in [0.15, 0.2) is 0 Å². The molecule has 0 unspecified atom stereocenters. The van der Waals surface area contributed by atoms with Crippen LogP contribution in [0.1, 0.15) is 25.7 Å². The van der Waals surface area contributed by atoms with Gasteiger partial charge in [0, 0.05) is 39.6 Å². The van der Waals surface area contributed by atoms with Crippen LogP contribution in [-0.2, 0) is 9.53 Å². The van der Waals surface area contributed by atoms with Crippen LogP contribution in [0.5, 0.6) is 0 Å². The summed E-state index contributed by atoms with van der Waals surface area (Å²) in [5, 5.41) is 12.0. The molecule has 0 atom stereocenters. The van der Waals surface area contributed by atoms with Crippen molar-refractivity contribution in [3.8, 4) is 6.07 Å². The number of hydrogen-bond donors (Lipinski definition) is 1. The number of likely N-dealkylation sites (tertiary alicyclic amines) is 1. The van der Waals surface area contributed by atoms with Gasteiger partial charge in [-0.3, -0.25) is 4.79 Å². The van der Waals surface area contributed by atoms with Crippen molar-refractivity contribution in [1.82, 2.24) is 10.2 Å². The van der Waals surface area contributed by atoms with Crippen LogP contribution < -0.4 is 5.32 Å². The van der Waals surface area contributed by atoms with E-state index in [2.05, 4.69) is 5.32 Å². The number of methoxy groups -OCH3 is 1. The Kier molecular flexibility index (Phi) is 6.89. The smallest absolute Gasteiger partial charge is 0.265 e. The molecule has 0 spiro atoms. The molecule has 0 saturated carbocycles. The van der Waals surface area contributed by atoms with Crippen molar-refractivity contribution in [3.63, 3.8) is 0 Å². The maximum Gasteiger partial charge on any atom is 0.265 e. The zero-order valence-corrected chi connectivity index (χ0v) is 10.9. The number of piperidine rings is 1. The highest BCUT2D eigenvalue weighted by Crippen LogP contribution is 2.11. The molecule has 1 aliphatic heterocycles. The Labute approximate surface area is 108 Å². The maximum absolute atomic E-state index is 12.0. The molecule has 100 valence electrons. The van der Waals surface area contributed by atoms with Crippen molar-refractivity contribution in [2.45, 2.75) is 25.7 Å². The quantitative estimate of drug-likeness (QED) is 0.435. The Bertz CT molecular complexity index is 328. The van der Waals surface area contributed by atoms with Crippen molar-refractivity contribution in [3.05, 3.63) is 11.8 Å². The molecular weight excluding hydrogens is 230 g/mol. The molecule has 0 aromatic rings. The first kappa shape index (κ1) is 14.5. The number of carbonyl (C=O) groups is 1. The number of ether oxygens (including phenoxy) is 1. The van der Waals surface area contributed by atoms with E-state index < -0.39 is 0 Å². The van der Waals surface area contributed by atoms with Gasteiger partial charge >= 0.3 is 0 Å². The summed E-state index contributed by atoms with van der Waals surface area (Å²) in [5.41, 5.74) is 0.189. The second-order valence-electron chi connectivity index (χ2n) is 4.32. The van der Waals surface area contributed by atoms with Gasteiger partial charge < -0.3 is 15.0 Å². The Hall–Kier alpha value is -1.54. The molecule has 1 amide bonds. The van der Waals surface area contributed by atoms with Gasteiger partial charge in [-0.05, 0) is 25.7 Å². The fourth-order valence-electron chi connectivity index (χ4n) is 1.90. The molecule has 0 aromatic heterocycles. The van der Waals surface area contributed by atoms with Gasteiger partial charge in [-0.15, -0.1) is 0 Å². The third-order valence-corrected chi connectivity index (χ3v) is 2.91.